The van der Waals surface area contributed by atoms with E-state index >= 15 is 0 Å². The molecule has 1 N–H and O–H groups in total. The Morgan fingerprint density at radius 1 is 0.622 bits per heavy atom. The Morgan fingerprint density at radius 3 is 2.16 bits per heavy atom. The fourth-order valence-electron chi connectivity index (χ4n) is 6.17. The maximum Gasteiger partial charge on any atom is 0.335 e. The standard InChI is InChI=1S/C39H23NO4S/c41-37-31-17-14-25(39(43)44)21-32(31)38(42)33(37)19-23-13-16-29-30-18-15-27(22-36(30)45-35(29)20-23)40(26-9-2-1-3-10-26)34-12-6-8-24-7-4-5-11-28(24)34/h1-22H,(H,43,44)/b33-19+. The van der Waals surface area contributed by atoms with Crippen LogP contribution in [0.5, 0.6) is 0 Å². The van der Waals surface area contributed by atoms with Crippen molar-refractivity contribution in [1.29, 1.82) is 0 Å². The van der Waals surface area contributed by atoms with Gasteiger partial charge >= 0.3 is 5.97 Å². The third-order valence-corrected chi connectivity index (χ3v) is 9.43. The lowest BCUT2D eigenvalue weighted by Crippen LogP contribution is -2.10. The third-order valence-electron chi connectivity index (χ3n) is 8.32. The molecule has 8 rings (SSSR count). The summed E-state index contributed by atoms with van der Waals surface area (Å²) in [6, 6.07) is 41.6. The molecule has 1 aliphatic rings. The molecule has 0 aliphatic heterocycles. The van der Waals surface area contributed by atoms with E-state index in [1.165, 1.54) is 23.6 Å². The second kappa shape index (κ2) is 10.4. The molecule has 5 nitrogen and oxygen atoms in total. The molecular formula is C39H23NO4S. The second-order valence-electron chi connectivity index (χ2n) is 11.0. The number of carboxylic acids is 1. The lowest BCUT2D eigenvalue weighted by atomic mass is 10.0. The minimum Gasteiger partial charge on any atom is -0.478 e. The van der Waals surface area contributed by atoms with Crippen molar-refractivity contribution in [2.24, 2.45) is 0 Å². The van der Waals surface area contributed by atoms with E-state index in [4.69, 9.17) is 0 Å². The van der Waals surface area contributed by atoms with E-state index in [9.17, 15) is 19.5 Å². The van der Waals surface area contributed by atoms with Crippen LogP contribution in [0.25, 0.3) is 37.0 Å². The van der Waals surface area contributed by atoms with E-state index in [1.807, 2.05) is 36.4 Å². The number of Topliss-reactive ketones (excluding diaryl/α,β-unsaturated/α-hetero) is 2. The number of carboxylic acid groups (broad SMARTS) is 1. The fourth-order valence-corrected chi connectivity index (χ4v) is 7.36. The molecule has 0 saturated carbocycles. The van der Waals surface area contributed by atoms with Crippen LogP contribution in [0.1, 0.15) is 36.6 Å². The maximum absolute atomic E-state index is 13.1. The average molecular weight is 602 g/mol. The maximum atomic E-state index is 13.1. The van der Waals surface area contributed by atoms with Gasteiger partial charge in [0.15, 0.2) is 11.6 Å². The Balaban J connectivity index is 1.21. The van der Waals surface area contributed by atoms with Crippen LogP contribution in [0.15, 0.2) is 133 Å². The number of carbonyl (C=O) groups is 3. The van der Waals surface area contributed by atoms with Crippen LogP contribution in [-0.4, -0.2) is 22.6 Å². The molecule has 0 unspecified atom stereocenters. The molecule has 1 aromatic heterocycles. The lowest BCUT2D eigenvalue weighted by Gasteiger charge is -2.27. The number of para-hydroxylation sites is 1. The number of aromatic carboxylic acids is 1. The quantitative estimate of drug-likeness (QED) is 0.157. The Bertz CT molecular complexity index is 2400. The van der Waals surface area contributed by atoms with E-state index in [-0.39, 0.29) is 28.0 Å². The molecule has 6 heteroatoms. The number of rotatable bonds is 5. The summed E-state index contributed by atoms with van der Waals surface area (Å²) >= 11 is 1.66. The highest BCUT2D eigenvalue weighted by Crippen LogP contribution is 2.43. The Labute approximate surface area is 261 Å². The normalized spacial score (nSPS) is 13.6. The van der Waals surface area contributed by atoms with E-state index in [0.717, 1.165) is 48.2 Å². The molecule has 0 atom stereocenters. The first-order chi connectivity index (χ1) is 22.0. The number of thiophene rings is 1. The van der Waals surface area contributed by atoms with Crippen LogP contribution in [0, 0.1) is 0 Å². The van der Waals surface area contributed by atoms with Gasteiger partial charge in [0.1, 0.15) is 0 Å². The van der Waals surface area contributed by atoms with Crippen molar-refractivity contribution in [2.75, 3.05) is 4.90 Å². The number of hydrogen-bond acceptors (Lipinski definition) is 5. The molecule has 45 heavy (non-hydrogen) atoms. The number of carbonyl (C=O) groups excluding carboxylic acids is 2. The summed E-state index contributed by atoms with van der Waals surface area (Å²) in [5.74, 6) is -1.98. The Hall–Kier alpha value is -5.85. The van der Waals surface area contributed by atoms with Crippen LogP contribution < -0.4 is 4.90 Å². The van der Waals surface area contributed by atoms with Gasteiger partial charge in [0, 0.05) is 48.1 Å². The molecule has 0 bridgehead atoms. The predicted molar refractivity (Wildman–Crippen MR) is 182 cm³/mol. The van der Waals surface area contributed by atoms with Crippen LogP contribution in [0.3, 0.4) is 0 Å². The van der Waals surface area contributed by atoms with Gasteiger partial charge in [-0.3, -0.25) is 9.59 Å². The topological polar surface area (TPSA) is 74.7 Å². The highest BCUT2D eigenvalue weighted by atomic mass is 32.1. The van der Waals surface area contributed by atoms with Crippen molar-refractivity contribution in [3.05, 3.63) is 155 Å². The highest BCUT2D eigenvalue weighted by molar-refractivity contribution is 7.25. The number of fused-ring (bicyclic) bond motifs is 5. The minimum absolute atomic E-state index is 0.0199. The average Bonchev–Trinajstić information content (AvgIpc) is 3.54. The smallest absolute Gasteiger partial charge is 0.335 e. The van der Waals surface area contributed by atoms with Crippen molar-refractivity contribution in [3.8, 4) is 0 Å². The summed E-state index contributed by atoms with van der Waals surface area (Å²) < 4.78 is 2.16. The summed E-state index contributed by atoms with van der Waals surface area (Å²) in [5.41, 5.74) is 4.33. The van der Waals surface area contributed by atoms with Crippen molar-refractivity contribution in [2.45, 2.75) is 0 Å². The summed E-state index contributed by atoms with van der Waals surface area (Å²) in [6.07, 6.45) is 1.61. The number of ketones is 2. The summed E-state index contributed by atoms with van der Waals surface area (Å²) in [4.78, 5) is 39.9. The van der Waals surface area contributed by atoms with Crippen LogP contribution in [0.4, 0.5) is 17.1 Å². The number of nitrogens with zero attached hydrogens (tertiary/aromatic N) is 1. The fraction of sp³-hybridized carbons (Fsp3) is 0. The first kappa shape index (κ1) is 26.8. The molecule has 1 heterocycles. The summed E-state index contributed by atoms with van der Waals surface area (Å²) in [7, 11) is 0. The van der Waals surface area contributed by atoms with Gasteiger partial charge in [-0.15, -0.1) is 11.3 Å². The van der Waals surface area contributed by atoms with Crippen molar-refractivity contribution < 1.29 is 19.5 Å². The Morgan fingerprint density at radius 2 is 1.33 bits per heavy atom. The zero-order valence-corrected chi connectivity index (χ0v) is 24.5. The first-order valence-corrected chi connectivity index (χ1v) is 15.3. The molecule has 0 radical (unpaired) electrons. The third kappa shape index (κ3) is 4.42. The van der Waals surface area contributed by atoms with Crippen molar-refractivity contribution in [1.82, 2.24) is 0 Å². The Kier molecular flexibility index (Phi) is 6.18. The van der Waals surface area contributed by atoms with Crippen LogP contribution >= 0.6 is 11.3 Å². The minimum atomic E-state index is -1.14. The van der Waals surface area contributed by atoms with Gasteiger partial charge in [0.2, 0.25) is 0 Å². The highest BCUT2D eigenvalue weighted by Gasteiger charge is 2.33. The number of anilines is 3. The SMILES string of the molecule is O=C(O)c1ccc2c(c1)C(=O)/C(=C/c1ccc3c(c1)sc1cc(N(c4ccccc4)c4cccc5ccccc45)ccc13)C2=O. The zero-order chi connectivity index (χ0) is 30.7. The van der Waals surface area contributed by atoms with Gasteiger partial charge in [-0.25, -0.2) is 4.79 Å². The van der Waals surface area contributed by atoms with Gasteiger partial charge in [0.25, 0.3) is 0 Å². The molecule has 1 aliphatic carbocycles. The summed E-state index contributed by atoms with van der Waals surface area (Å²) in [5, 5.41) is 13.9. The molecule has 0 spiro atoms. The predicted octanol–water partition coefficient (Wildman–Crippen LogP) is 9.84. The van der Waals surface area contributed by atoms with Gasteiger partial charge in [-0.1, -0.05) is 72.8 Å². The van der Waals surface area contributed by atoms with E-state index < -0.39 is 11.8 Å². The molecule has 0 fully saturated rings. The zero-order valence-electron chi connectivity index (χ0n) is 23.7. The molecule has 214 valence electrons. The summed E-state index contributed by atoms with van der Waals surface area (Å²) in [6.45, 7) is 0. The van der Waals surface area contributed by atoms with Crippen molar-refractivity contribution in [3.63, 3.8) is 0 Å². The molecule has 6 aromatic carbocycles. The lowest BCUT2D eigenvalue weighted by molar-refractivity contribution is 0.0696. The second-order valence-corrected chi connectivity index (χ2v) is 12.1. The molecule has 7 aromatic rings. The number of allylic oxidation sites excluding steroid dienone is 1. The van der Waals surface area contributed by atoms with Gasteiger partial charge in [0.05, 0.1) is 16.8 Å². The van der Waals surface area contributed by atoms with Gasteiger partial charge < -0.3 is 10.0 Å². The largest absolute Gasteiger partial charge is 0.478 e. The molecule has 0 saturated heterocycles. The molecule has 0 amide bonds. The number of benzene rings is 6. The first-order valence-electron chi connectivity index (χ1n) is 14.4. The van der Waals surface area contributed by atoms with Crippen LogP contribution in [0.2, 0.25) is 0 Å². The van der Waals surface area contributed by atoms with E-state index in [2.05, 4.69) is 77.7 Å². The molecular weight excluding hydrogens is 578 g/mol. The van der Waals surface area contributed by atoms with E-state index in [0.29, 0.717) is 0 Å². The monoisotopic (exact) mass is 601 g/mol. The number of hydrogen-bond donors (Lipinski definition) is 1. The van der Waals surface area contributed by atoms with Crippen molar-refractivity contribution >= 4 is 83.0 Å². The van der Waals surface area contributed by atoms with Gasteiger partial charge in [-0.05, 0) is 71.6 Å². The van der Waals surface area contributed by atoms with Crippen LogP contribution in [-0.2, 0) is 0 Å². The van der Waals surface area contributed by atoms with E-state index in [1.54, 1.807) is 17.4 Å². The van der Waals surface area contributed by atoms with Gasteiger partial charge in [-0.2, -0.15) is 0 Å².